The Morgan fingerprint density at radius 2 is 1.92 bits per heavy atom. The monoisotopic (exact) mass is 185 g/mol. The molecule has 0 aromatic rings. The Balaban J connectivity index is 4.21. The maximum Gasteiger partial charge on any atom is 0.127 e. The molecule has 0 aliphatic rings. The summed E-state index contributed by atoms with van der Waals surface area (Å²) in [6.45, 7) is 5.15. The summed E-state index contributed by atoms with van der Waals surface area (Å²) in [5.74, 6) is 0. The van der Waals surface area contributed by atoms with Gasteiger partial charge in [-0.15, -0.1) is 0 Å². The third-order valence-electron chi connectivity index (χ3n) is 2.61. The Bertz CT molecular complexity index is 145. The topological polar surface area (TPSA) is 20.3 Å². The van der Waals surface area contributed by atoms with Crippen LogP contribution in [0.4, 0.5) is 0 Å². The average Bonchev–Trinajstić information content (AvgIpc) is 2.12. The Kier molecular flexibility index (Phi) is 5.97. The summed E-state index contributed by atoms with van der Waals surface area (Å²) < 4.78 is 0. The van der Waals surface area contributed by atoms with E-state index in [0.717, 1.165) is 32.1 Å². The molecule has 2 heteroatoms. The first-order chi connectivity index (χ1) is 6.10. The van der Waals surface area contributed by atoms with Crippen LogP contribution >= 0.6 is 0 Å². The zero-order valence-corrected chi connectivity index (χ0v) is 9.47. The maximum atomic E-state index is 11.1. The molecule has 0 fully saturated rings. The summed E-state index contributed by atoms with van der Waals surface area (Å²) in [6.07, 6.45) is 5.46. The predicted molar refractivity (Wildman–Crippen MR) is 56.9 cm³/mol. The first kappa shape index (κ1) is 12.6. The first-order valence-corrected chi connectivity index (χ1v) is 5.21. The fourth-order valence-electron chi connectivity index (χ4n) is 1.71. The lowest BCUT2D eigenvalue weighted by Crippen LogP contribution is -2.34. The molecule has 0 aromatic carbocycles. The number of aldehydes is 1. The van der Waals surface area contributed by atoms with Gasteiger partial charge in [-0.25, -0.2) is 0 Å². The highest BCUT2D eigenvalue weighted by atomic mass is 16.1. The summed E-state index contributed by atoms with van der Waals surface area (Å²) in [4.78, 5) is 13.2. The second-order valence-corrected chi connectivity index (χ2v) is 4.18. The minimum atomic E-state index is -0.0977. The van der Waals surface area contributed by atoms with Crippen LogP contribution < -0.4 is 0 Å². The van der Waals surface area contributed by atoms with Crippen LogP contribution in [0.15, 0.2) is 0 Å². The van der Waals surface area contributed by atoms with Crippen molar-refractivity contribution in [1.82, 2.24) is 4.90 Å². The Hall–Kier alpha value is -0.370. The van der Waals surface area contributed by atoms with Gasteiger partial charge in [-0.1, -0.05) is 26.7 Å². The highest BCUT2D eigenvalue weighted by Gasteiger charge is 2.27. The number of unbranched alkanes of at least 4 members (excludes halogenated alkanes) is 1. The van der Waals surface area contributed by atoms with Crippen LogP contribution in [-0.2, 0) is 4.79 Å². The van der Waals surface area contributed by atoms with Crippen LogP contribution in [0.1, 0.15) is 39.5 Å². The molecular formula is C11H23NO. The standard InChI is InChI=1S/C11H23NO/c1-5-7-8-11(6-2,10-13)9-12(3)4/h10H,5-9H2,1-4H3. The molecule has 0 heterocycles. The van der Waals surface area contributed by atoms with Crippen molar-refractivity contribution in [3.63, 3.8) is 0 Å². The van der Waals surface area contributed by atoms with Crippen LogP contribution in [-0.4, -0.2) is 31.8 Å². The van der Waals surface area contributed by atoms with Crippen molar-refractivity contribution < 1.29 is 4.79 Å². The third kappa shape index (κ3) is 4.41. The molecule has 1 unspecified atom stereocenters. The molecule has 0 N–H and O–H groups in total. The number of carbonyl (C=O) groups is 1. The molecule has 0 saturated heterocycles. The highest BCUT2D eigenvalue weighted by Crippen LogP contribution is 2.26. The van der Waals surface area contributed by atoms with Crippen LogP contribution in [0.25, 0.3) is 0 Å². The molecular weight excluding hydrogens is 162 g/mol. The maximum absolute atomic E-state index is 11.1. The van der Waals surface area contributed by atoms with E-state index in [4.69, 9.17) is 0 Å². The lowest BCUT2D eigenvalue weighted by atomic mass is 9.81. The van der Waals surface area contributed by atoms with E-state index in [1.165, 1.54) is 6.42 Å². The van der Waals surface area contributed by atoms with Gasteiger partial charge in [0.15, 0.2) is 0 Å². The summed E-state index contributed by atoms with van der Waals surface area (Å²) >= 11 is 0. The van der Waals surface area contributed by atoms with Gasteiger partial charge in [-0.2, -0.15) is 0 Å². The number of hydrogen-bond donors (Lipinski definition) is 0. The second kappa shape index (κ2) is 6.14. The Morgan fingerprint density at radius 3 is 2.23 bits per heavy atom. The van der Waals surface area contributed by atoms with Crippen molar-refractivity contribution in [2.45, 2.75) is 39.5 Å². The Morgan fingerprint density at radius 1 is 1.31 bits per heavy atom. The van der Waals surface area contributed by atoms with Gasteiger partial charge in [0.05, 0.1) is 0 Å². The predicted octanol–water partition coefficient (Wildman–Crippen LogP) is 2.33. The largest absolute Gasteiger partial charge is 0.308 e. The summed E-state index contributed by atoms with van der Waals surface area (Å²) in [5.41, 5.74) is -0.0977. The molecule has 0 bridgehead atoms. The average molecular weight is 185 g/mol. The highest BCUT2D eigenvalue weighted by molar-refractivity contribution is 5.59. The fourth-order valence-corrected chi connectivity index (χ4v) is 1.71. The van der Waals surface area contributed by atoms with Crippen LogP contribution in [0, 0.1) is 5.41 Å². The number of rotatable bonds is 7. The van der Waals surface area contributed by atoms with Crippen molar-refractivity contribution >= 4 is 6.29 Å². The van der Waals surface area contributed by atoms with E-state index in [-0.39, 0.29) is 5.41 Å². The van der Waals surface area contributed by atoms with Gasteiger partial charge >= 0.3 is 0 Å². The van der Waals surface area contributed by atoms with Gasteiger partial charge in [0.2, 0.25) is 0 Å². The van der Waals surface area contributed by atoms with Crippen molar-refractivity contribution in [1.29, 1.82) is 0 Å². The zero-order valence-electron chi connectivity index (χ0n) is 9.47. The third-order valence-corrected chi connectivity index (χ3v) is 2.61. The van der Waals surface area contributed by atoms with E-state index in [9.17, 15) is 4.79 Å². The quantitative estimate of drug-likeness (QED) is 0.567. The fraction of sp³-hybridized carbons (Fsp3) is 0.909. The van der Waals surface area contributed by atoms with Crippen molar-refractivity contribution in [2.75, 3.05) is 20.6 Å². The minimum Gasteiger partial charge on any atom is -0.308 e. The first-order valence-electron chi connectivity index (χ1n) is 5.21. The molecule has 0 saturated carbocycles. The summed E-state index contributed by atoms with van der Waals surface area (Å²) in [6, 6.07) is 0. The SMILES string of the molecule is CCCCC(C=O)(CC)CN(C)C. The van der Waals surface area contributed by atoms with Crippen molar-refractivity contribution in [3.05, 3.63) is 0 Å². The molecule has 0 aliphatic carbocycles. The zero-order chi connectivity index (χ0) is 10.3. The van der Waals surface area contributed by atoms with Crippen LogP contribution in [0.5, 0.6) is 0 Å². The number of hydrogen-bond acceptors (Lipinski definition) is 2. The van der Waals surface area contributed by atoms with E-state index < -0.39 is 0 Å². The number of carbonyl (C=O) groups excluding carboxylic acids is 1. The van der Waals surface area contributed by atoms with Crippen LogP contribution in [0.3, 0.4) is 0 Å². The van der Waals surface area contributed by atoms with E-state index in [2.05, 4.69) is 18.7 Å². The molecule has 1 atom stereocenters. The van der Waals surface area contributed by atoms with Gasteiger partial charge in [0.25, 0.3) is 0 Å². The second-order valence-electron chi connectivity index (χ2n) is 4.18. The lowest BCUT2D eigenvalue weighted by Gasteiger charge is -2.29. The van der Waals surface area contributed by atoms with Gasteiger partial charge in [-0.05, 0) is 26.9 Å². The van der Waals surface area contributed by atoms with Crippen molar-refractivity contribution in [2.24, 2.45) is 5.41 Å². The van der Waals surface area contributed by atoms with Crippen LogP contribution in [0.2, 0.25) is 0 Å². The molecule has 13 heavy (non-hydrogen) atoms. The van der Waals surface area contributed by atoms with Gasteiger partial charge in [0, 0.05) is 12.0 Å². The molecule has 2 nitrogen and oxygen atoms in total. The molecule has 0 radical (unpaired) electrons. The van der Waals surface area contributed by atoms with Gasteiger partial charge < -0.3 is 9.69 Å². The molecule has 0 rings (SSSR count). The normalized spacial score (nSPS) is 15.8. The molecule has 0 amide bonds. The Labute approximate surface area is 82.3 Å². The molecule has 78 valence electrons. The van der Waals surface area contributed by atoms with E-state index >= 15 is 0 Å². The van der Waals surface area contributed by atoms with E-state index in [1.807, 2.05) is 14.1 Å². The number of nitrogens with zero attached hydrogens (tertiary/aromatic N) is 1. The van der Waals surface area contributed by atoms with Gasteiger partial charge in [-0.3, -0.25) is 0 Å². The summed E-state index contributed by atoms with van der Waals surface area (Å²) in [7, 11) is 4.06. The molecule has 0 aromatic heterocycles. The molecule has 0 spiro atoms. The van der Waals surface area contributed by atoms with E-state index in [1.54, 1.807) is 0 Å². The smallest absolute Gasteiger partial charge is 0.127 e. The summed E-state index contributed by atoms with van der Waals surface area (Å²) in [5, 5.41) is 0. The van der Waals surface area contributed by atoms with Crippen molar-refractivity contribution in [3.8, 4) is 0 Å². The lowest BCUT2D eigenvalue weighted by molar-refractivity contribution is -0.117. The van der Waals surface area contributed by atoms with E-state index in [0.29, 0.717) is 0 Å². The molecule has 0 aliphatic heterocycles. The van der Waals surface area contributed by atoms with Gasteiger partial charge in [0.1, 0.15) is 6.29 Å². The minimum absolute atomic E-state index is 0.0977.